The van der Waals surface area contributed by atoms with Crippen molar-refractivity contribution in [3.8, 4) is 0 Å². The van der Waals surface area contributed by atoms with Crippen LogP contribution in [-0.2, 0) is 10.0 Å². The fraction of sp³-hybridized carbons (Fsp3) is 0. The molecule has 1 N–H and O–H groups in total. The van der Waals surface area contributed by atoms with Crippen molar-refractivity contribution in [2.24, 2.45) is 5.10 Å². The Morgan fingerprint density at radius 3 is 2.55 bits per heavy atom. The van der Waals surface area contributed by atoms with E-state index in [9.17, 15) is 8.42 Å². The van der Waals surface area contributed by atoms with E-state index in [1.807, 2.05) is 46.9 Å². The Bertz CT molecular complexity index is 948. The number of hydrazone groups is 1. The van der Waals surface area contributed by atoms with E-state index < -0.39 is 10.0 Å². The predicted molar refractivity (Wildman–Crippen MR) is 93.3 cm³/mol. The Morgan fingerprint density at radius 1 is 1.05 bits per heavy atom. The number of hydrogen-bond acceptors (Lipinski definition) is 4. The highest BCUT2D eigenvalue weighted by atomic mass is 127. The summed E-state index contributed by atoms with van der Waals surface area (Å²) in [6, 6.07) is 16.0. The number of hydrogen-bond donors (Lipinski definition) is 1. The van der Waals surface area contributed by atoms with E-state index >= 15 is 0 Å². The van der Waals surface area contributed by atoms with Gasteiger partial charge in [0.1, 0.15) is 5.76 Å². The van der Waals surface area contributed by atoms with Gasteiger partial charge >= 0.3 is 0 Å². The maximum absolute atomic E-state index is 12.2. The van der Waals surface area contributed by atoms with Crippen LogP contribution in [0.4, 0.5) is 0 Å². The number of furan rings is 1. The minimum Gasteiger partial charge on any atom is -0.449 e. The molecule has 0 radical (unpaired) electrons. The van der Waals surface area contributed by atoms with Gasteiger partial charge in [0, 0.05) is 0 Å². The topological polar surface area (TPSA) is 71.7 Å². The van der Waals surface area contributed by atoms with Crippen LogP contribution in [0.5, 0.6) is 0 Å². The molecule has 0 unspecified atom stereocenters. The summed E-state index contributed by atoms with van der Waals surface area (Å²) in [5, 5.41) is 5.56. The molecule has 112 valence electrons. The van der Waals surface area contributed by atoms with Gasteiger partial charge in [-0.05, 0) is 57.6 Å². The first kappa shape index (κ1) is 15.0. The van der Waals surface area contributed by atoms with Gasteiger partial charge in [-0.1, -0.05) is 30.3 Å². The SMILES string of the molecule is O=S(=O)(N/N=C/c1ccc(I)o1)c1ccc2ccccc2c1. The number of halogens is 1. The number of nitrogens with zero attached hydrogens (tertiary/aromatic N) is 1. The van der Waals surface area contributed by atoms with Crippen LogP contribution in [0.2, 0.25) is 0 Å². The van der Waals surface area contributed by atoms with Crippen molar-refractivity contribution in [2.45, 2.75) is 4.90 Å². The summed E-state index contributed by atoms with van der Waals surface area (Å²) in [6.45, 7) is 0. The second kappa shape index (κ2) is 6.09. The number of benzene rings is 2. The fourth-order valence-electron chi connectivity index (χ4n) is 1.94. The molecule has 0 atom stereocenters. The third kappa shape index (κ3) is 3.30. The van der Waals surface area contributed by atoms with Crippen LogP contribution in [0.25, 0.3) is 10.8 Å². The minimum absolute atomic E-state index is 0.164. The van der Waals surface area contributed by atoms with Gasteiger partial charge < -0.3 is 4.42 Å². The Balaban J connectivity index is 1.83. The smallest absolute Gasteiger partial charge is 0.276 e. The first-order chi connectivity index (χ1) is 10.5. The summed E-state index contributed by atoms with van der Waals surface area (Å²) in [4.78, 5) is 2.34. The Kier molecular flexibility index (Phi) is 4.16. The van der Waals surface area contributed by atoms with Crippen LogP contribution in [-0.4, -0.2) is 14.6 Å². The molecule has 22 heavy (non-hydrogen) atoms. The van der Waals surface area contributed by atoms with Crippen LogP contribution < -0.4 is 4.83 Å². The van der Waals surface area contributed by atoms with E-state index in [1.54, 1.807) is 30.3 Å². The molecular weight excluding hydrogens is 415 g/mol. The van der Waals surface area contributed by atoms with Crippen molar-refractivity contribution < 1.29 is 12.8 Å². The first-order valence-electron chi connectivity index (χ1n) is 6.34. The van der Waals surface area contributed by atoms with Crippen molar-refractivity contribution in [1.29, 1.82) is 0 Å². The molecule has 5 nitrogen and oxygen atoms in total. The average Bonchev–Trinajstić information content (AvgIpc) is 2.92. The van der Waals surface area contributed by atoms with Gasteiger partial charge in [-0.15, -0.1) is 0 Å². The van der Waals surface area contributed by atoms with E-state index in [2.05, 4.69) is 9.93 Å². The van der Waals surface area contributed by atoms with Crippen LogP contribution in [0, 0.1) is 3.77 Å². The highest BCUT2D eigenvalue weighted by molar-refractivity contribution is 14.1. The minimum atomic E-state index is -3.71. The number of nitrogens with one attached hydrogen (secondary N) is 1. The molecule has 0 aliphatic heterocycles. The van der Waals surface area contributed by atoms with Crippen molar-refractivity contribution in [1.82, 2.24) is 4.83 Å². The molecule has 2 aromatic carbocycles. The lowest BCUT2D eigenvalue weighted by molar-refractivity contribution is 0.531. The molecular formula is C15H11IN2O3S. The summed E-state index contributed by atoms with van der Waals surface area (Å²) in [5.74, 6) is 0.477. The number of rotatable bonds is 4. The molecule has 1 heterocycles. The van der Waals surface area contributed by atoms with Gasteiger partial charge in [-0.3, -0.25) is 0 Å². The molecule has 1 aromatic heterocycles. The third-order valence-electron chi connectivity index (χ3n) is 2.99. The maximum Gasteiger partial charge on any atom is 0.276 e. The van der Waals surface area contributed by atoms with Gasteiger partial charge in [0.05, 0.1) is 11.1 Å². The quantitative estimate of drug-likeness (QED) is 0.395. The van der Waals surface area contributed by atoms with Gasteiger partial charge in [0.15, 0.2) is 3.77 Å². The molecule has 0 aliphatic rings. The van der Waals surface area contributed by atoms with E-state index in [0.717, 1.165) is 10.8 Å². The molecule has 0 aliphatic carbocycles. The van der Waals surface area contributed by atoms with Gasteiger partial charge in [0.2, 0.25) is 0 Å². The zero-order valence-electron chi connectivity index (χ0n) is 11.2. The van der Waals surface area contributed by atoms with E-state index in [-0.39, 0.29) is 4.90 Å². The van der Waals surface area contributed by atoms with E-state index in [0.29, 0.717) is 9.53 Å². The molecule has 0 amide bonds. The van der Waals surface area contributed by atoms with Crippen LogP contribution in [0.15, 0.2) is 69.0 Å². The monoisotopic (exact) mass is 426 g/mol. The molecule has 3 aromatic rings. The normalized spacial score (nSPS) is 12.0. The van der Waals surface area contributed by atoms with Crippen molar-refractivity contribution in [2.75, 3.05) is 0 Å². The molecule has 0 spiro atoms. The zero-order valence-corrected chi connectivity index (χ0v) is 14.2. The highest BCUT2D eigenvalue weighted by Crippen LogP contribution is 2.18. The van der Waals surface area contributed by atoms with Crippen LogP contribution in [0.3, 0.4) is 0 Å². The summed E-state index contributed by atoms with van der Waals surface area (Å²) in [5.41, 5.74) is 0. The standard InChI is InChI=1S/C15H11IN2O3S/c16-15-8-6-13(21-15)10-17-18-22(19,20)14-7-5-11-3-1-2-4-12(11)9-14/h1-10,18H/b17-10+. The second-order valence-corrected chi connectivity index (χ2v) is 7.23. The van der Waals surface area contributed by atoms with Crippen LogP contribution in [0.1, 0.15) is 5.76 Å². The highest BCUT2D eigenvalue weighted by Gasteiger charge is 2.13. The number of fused-ring (bicyclic) bond motifs is 1. The number of sulfonamides is 1. The Hall–Kier alpha value is -1.87. The second-order valence-electron chi connectivity index (χ2n) is 4.50. The molecule has 0 saturated heterocycles. The largest absolute Gasteiger partial charge is 0.449 e. The van der Waals surface area contributed by atoms with Gasteiger partial charge in [-0.2, -0.15) is 18.4 Å². The van der Waals surface area contributed by atoms with E-state index in [4.69, 9.17) is 4.42 Å². The summed E-state index contributed by atoms with van der Waals surface area (Å²) < 4.78 is 30.4. The van der Waals surface area contributed by atoms with Crippen molar-refractivity contribution in [3.63, 3.8) is 0 Å². The fourth-order valence-corrected chi connectivity index (χ4v) is 3.20. The summed E-state index contributed by atoms with van der Waals surface area (Å²) in [6.07, 6.45) is 1.32. The van der Waals surface area contributed by atoms with Crippen molar-refractivity contribution in [3.05, 3.63) is 64.1 Å². The lowest BCUT2D eigenvalue weighted by Crippen LogP contribution is -2.18. The Labute approximate surface area is 141 Å². The van der Waals surface area contributed by atoms with Gasteiger partial charge in [0.25, 0.3) is 10.0 Å². The molecule has 0 fully saturated rings. The average molecular weight is 426 g/mol. The lowest BCUT2D eigenvalue weighted by atomic mass is 10.1. The van der Waals surface area contributed by atoms with Gasteiger partial charge in [-0.25, -0.2) is 0 Å². The lowest BCUT2D eigenvalue weighted by Gasteiger charge is -2.04. The predicted octanol–water partition coefficient (Wildman–Crippen LogP) is 3.35. The Morgan fingerprint density at radius 2 is 1.82 bits per heavy atom. The molecule has 7 heteroatoms. The molecule has 0 bridgehead atoms. The molecule has 0 saturated carbocycles. The first-order valence-corrected chi connectivity index (χ1v) is 8.90. The van der Waals surface area contributed by atoms with Crippen LogP contribution >= 0.6 is 22.6 Å². The summed E-state index contributed by atoms with van der Waals surface area (Å²) >= 11 is 2.02. The van der Waals surface area contributed by atoms with E-state index in [1.165, 1.54) is 6.21 Å². The zero-order chi connectivity index (χ0) is 15.6. The third-order valence-corrected chi connectivity index (χ3v) is 4.79. The van der Waals surface area contributed by atoms with Crippen molar-refractivity contribution >= 4 is 49.6 Å². The maximum atomic E-state index is 12.2. The summed E-state index contributed by atoms with van der Waals surface area (Å²) in [7, 11) is -3.71. The molecule has 3 rings (SSSR count).